The molecule has 0 saturated carbocycles. The van der Waals surface area contributed by atoms with Gasteiger partial charge >= 0.3 is 18.8 Å². The van der Waals surface area contributed by atoms with Crippen molar-refractivity contribution in [1.29, 1.82) is 0 Å². The molecule has 0 aromatic heterocycles. The van der Waals surface area contributed by atoms with Crippen molar-refractivity contribution in [3.63, 3.8) is 0 Å². The Bertz CT molecular complexity index is 1740. The second-order valence-corrected chi connectivity index (χ2v) is 14.3. The number of alkyl halides is 6. The van der Waals surface area contributed by atoms with E-state index in [1.54, 1.807) is 20.8 Å². The molecule has 0 spiro atoms. The molecule has 0 aliphatic carbocycles. The van der Waals surface area contributed by atoms with E-state index >= 15 is 0 Å². The quantitative estimate of drug-likeness (QED) is 0.0818. The zero-order valence-corrected chi connectivity index (χ0v) is 31.7. The minimum Gasteiger partial charge on any atom is -0.494 e. The number of ether oxygens (including phenoxy) is 7. The summed E-state index contributed by atoms with van der Waals surface area (Å²) in [5.74, 6) is -0.646. The van der Waals surface area contributed by atoms with E-state index in [1.165, 1.54) is 53.4 Å². The van der Waals surface area contributed by atoms with Crippen LogP contribution in [0.5, 0.6) is 17.2 Å². The molecule has 2 unspecified atom stereocenters. The first kappa shape index (κ1) is 43.1. The largest absolute Gasteiger partial charge is 0.573 e. The van der Waals surface area contributed by atoms with Gasteiger partial charge in [-0.1, -0.05) is 66.7 Å². The Morgan fingerprint density at radius 3 is 1.56 bits per heavy atom. The van der Waals surface area contributed by atoms with E-state index in [-0.39, 0.29) is 37.8 Å². The number of carbonyl (C=O) groups is 1. The minimum atomic E-state index is -4.84. The summed E-state index contributed by atoms with van der Waals surface area (Å²) in [6.45, 7) is 6.74. The van der Waals surface area contributed by atoms with Gasteiger partial charge in [0, 0.05) is 12.3 Å². The zero-order valence-electron chi connectivity index (χ0n) is 31.7. The van der Waals surface area contributed by atoms with Crippen LogP contribution < -0.4 is 14.2 Å². The lowest BCUT2D eigenvalue weighted by Gasteiger charge is -2.43. The van der Waals surface area contributed by atoms with E-state index in [0.29, 0.717) is 43.1 Å². The Labute approximate surface area is 327 Å². The molecule has 1 saturated heterocycles. The molecule has 1 aliphatic heterocycles. The van der Waals surface area contributed by atoms with Crippen LogP contribution in [0.15, 0.2) is 103 Å². The van der Waals surface area contributed by atoms with Gasteiger partial charge in [-0.2, -0.15) is 0 Å². The summed E-state index contributed by atoms with van der Waals surface area (Å²) in [6.07, 6.45) is -11.1. The summed E-state index contributed by atoms with van der Waals surface area (Å²) in [4.78, 5) is 14.9. The normalized spacial score (nSPS) is 17.6. The molecule has 0 N–H and O–H groups in total. The number of halogens is 6. The van der Waals surface area contributed by atoms with Gasteiger partial charge in [-0.15, -0.1) is 26.3 Å². The SMILES string of the molecule is CC(C)(C)OC(=O)N1CC(OCc2ccc(OC(F)(F)F)cc2)C(c2ccc(OCCCOCc3ccccc3)cc2)C(OCc2ccc(OC(F)(F)F)cc2)C1. The summed E-state index contributed by atoms with van der Waals surface area (Å²) in [5.41, 5.74) is 2.15. The third-order valence-corrected chi connectivity index (χ3v) is 8.57. The van der Waals surface area contributed by atoms with Gasteiger partial charge in [-0.05, 0) is 79.4 Å². The molecular formula is C42H45F6NO8. The van der Waals surface area contributed by atoms with E-state index in [4.69, 9.17) is 23.7 Å². The molecule has 308 valence electrons. The maximum Gasteiger partial charge on any atom is 0.573 e. The number of hydrogen-bond donors (Lipinski definition) is 0. The van der Waals surface area contributed by atoms with Crippen molar-refractivity contribution in [3.05, 3.63) is 125 Å². The molecule has 0 radical (unpaired) electrons. The molecule has 0 bridgehead atoms. The third kappa shape index (κ3) is 14.8. The summed E-state index contributed by atoms with van der Waals surface area (Å²) >= 11 is 0. The number of amides is 1. The first-order valence-corrected chi connectivity index (χ1v) is 18.2. The average Bonchev–Trinajstić information content (AvgIpc) is 3.14. The maximum atomic E-state index is 13.4. The number of carbonyl (C=O) groups excluding carboxylic acids is 1. The van der Waals surface area contributed by atoms with E-state index in [9.17, 15) is 31.1 Å². The van der Waals surface area contributed by atoms with Crippen molar-refractivity contribution >= 4 is 6.09 Å². The highest BCUT2D eigenvalue weighted by Crippen LogP contribution is 2.36. The van der Waals surface area contributed by atoms with E-state index in [0.717, 1.165) is 11.1 Å². The van der Waals surface area contributed by atoms with Crippen LogP contribution in [0.25, 0.3) is 0 Å². The average molecular weight is 806 g/mol. The van der Waals surface area contributed by atoms with Gasteiger partial charge < -0.3 is 38.1 Å². The van der Waals surface area contributed by atoms with Crippen LogP contribution in [-0.4, -0.2) is 67.8 Å². The van der Waals surface area contributed by atoms with Crippen molar-refractivity contribution in [2.24, 2.45) is 0 Å². The van der Waals surface area contributed by atoms with Crippen molar-refractivity contribution in [2.75, 3.05) is 26.3 Å². The third-order valence-electron chi connectivity index (χ3n) is 8.57. The molecule has 1 heterocycles. The van der Waals surface area contributed by atoms with Crippen molar-refractivity contribution in [3.8, 4) is 17.2 Å². The fourth-order valence-electron chi connectivity index (χ4n) is 6.08. The Morgan fingerprint density at radius 2 is 1.09 bits per heavy atom. The summed E-state index contributed by atoms with van der Waals surface area (Å²) in [7, 11) is 0. The predicted octanol–water partition coefficient (Wildman–Crippen LogP) is 9.97. The highest BCUT2D eigenvalue weighted by Gasteiger charge is 2.42. The Balaban J connectivity index is 1.33. The first-order valence-electron chi connectivity index (χ1n) is 18.2. The monoisotopic (exact) mass is 805 g/mol. The van der Waals surface area contributed by atoms with Gasteiger partial charge in [0.15, 0.2) is 0 Å². The van der Waals surface area contributed by atoms with Crippen molar-refractivity contribution < 1.29 is 64.3 Å². The van der Waals surface area contributed by atoms with Crippen LogP contribution >= 0.6 is 0 Å². The Hall–Kier alpha value is -4.99. The van der Waals surface area contributed by atoms with Crippen LogP contribution in [0.4, 0.5) is 31.1 Å². The molecule has 15 heteroatoms. The van der Waals surface area contributed by atoms with E-state index < -0.39 is 42.5 Å². The molecule has 1 fully saturated rings. The molecule has 57 heavy (non-hydrogen) atoms. The topological polar surface area (TPSA) is 84.9 Å². The number of hydrogen-bond acceptors (Lipinski definition) is 8. The van der Waals surface area contributed by atoms with Gasteiger partial charge in [-0.25, -0.2) is 4.79 Å². The minimum absolute atomic E-state index is 0.0312. The summed E-state index contributed by atoms with van der Waals surface area (Å²) in [6, 6.07) is 27.7. The van der Waals surface area contributed by atoms with Crippen LogP contribution in [0.2, 0.25) is 0 Å². The highest BCUT2D eigenvalue weighted by atomic mass is 19.4. The first-order chi connectivity index (χ1) is 27.0. The summed E-state index contributed by atoms with van der Waals surface area (Å²) in [5, 5.41) is 0. The summed E-state index contributed by atoms with van der Waals surface area (Å²) < 4.78 is 115. The van der Waals surface area contributed by atoms with Gasteiger partial charge in [-0.3, -0.25) is 0 Å². The van der Waals surface area contributed by atoms with Crippen LogP contribution in [0.3, 0.4) is 0 Å². The lowest BCUT2D eigenvalue weighted by atomic mass is 9.84. The van der Waals surface area contributed by atoms with Crippen LogP contribution in [0, 0.1) is 0 Å². The Morgan fingerprint density at radius 1 is 0.614 bits per heavy atom. The fraction of sp³-hybridized carbons (Fsp3) is 0.405. The molecule has 2 atom stereocenters. The second kappa shape index (κ2) is 19.4. The van der Waals surface area contributed by atoms with Crippen molar-refractivity contribution in [2.45, 2.75) is 83.5 Å². The number of likely N-dealkylation sites (tertiary alicyclic amines) is 1. The van der Waals surface area contributed by atoms with Gasteiger partial charge in [0.25, 0.3) is 0 Å². The molecule has 4 aromatic carbocycles. The Kier molecular flexibility index (Phi) is 14.7. The lowest BCUT2D eigenvalue weighted by molar-refractivity contribution is -0.275. The molecule has 4 aromatic rings. The lowest BCUT2D eigenvalue weighted by Crippen LogP contribution is -2.55. The van der Waals surface area contributed by atoms with E-state index in [2.05, 4.69) is 9.47 Å². The fourth-order valence-corrected chi connectivity index (χ4v) is 6.08. The number of benzene rings is 4. The number of piperidine rings is 1. The molecule has 1 aliphatic rings. The second-order valence-electron chi connectivity index (χ2n) is 14.3. The molecule has 9 nitrogen and oxygen atoms in total. The number of nitrogens with zero attached hydrogens (tertiary/aromatic N) is 1. The van der Waals surface area contributed by atoms with Crippen LogP contribution in [0.1, 0.15) is 55.4 Å². The molecular weight excluding hydrogens is 760 g/mol. The molecule has 5 rings (SSSR count). The zero-order chi connectivity index (χ0) is 41.1. The van der Waals surface area contributed by atoms with Gasteiger partial charge in [0.1, 0.15) is 22.8 Å². The highest BCUT2D eigenvalue weighted by molar-refractivity contribution is 5.68. The predicted molar refractivity (Wildman–Crippen MR) is 197 cm³/mol. The van der Waals surface area contributed by atoms with Crippen LogP contribution in [-0.2, 0) is 38.8 Å². The standard InChI is InChI=1S/C42H45F6NO8/c1-40(2,3)57-39(50)49-24-36(53-27-30-10-16-34(17-11-30)55-41(43,44)45)38(37(25-49)54-28-31-12-18-35(19-13-31)56-42(46,47)48)32-14-20-33(21-15-32)52-23-7-22-51-26-29-8-5-4-6-9-29/h4-6,8-21,36-38H,7,22-28H2,1-3H3. The number of rotatable bonds is 16. The van der Waals surface area contributed by atoms with Gasteiger partial charge in [0.2, 0.25) is 0 Å². The van der Waals surface area contributed by atoms with Gasteiger partial charge in [0.05, 0.1) is 58.3 Å². The van der Waals surface area contributed by atoms with E-state index in [1.807, 2.05) is 54.6 Å². The smallest absolute Gasteiger partial charge is 0.494 e. The van der Waals surface area contributed by atoms with Crippen molar-refractivity contribution in [1.82, 2.24) is 4.90 Å². The maximum absolute atomic E-state index is 13.4. The molecule has 1 amide bonds.